The van der Waals surface area contributed by atoms with Crippen LogP contribution in [-0.2, 0) is 26.8 Å². The molecule has 170 valence electrons. The van der Waals surface area contributed by atoms with Crippen LogP contribution in [0.3, 0.4) is 0 Å². The summed E-state index contributed by atoms with van der Waals surface area (Å²) in [7, 11) is -3.60. The number of nitrogens with zero attached hydrogens (tertiary/aromatic N) is 1. The van der Waals surface area contributed by atoms with Gasteiger partial charge in [0.1, 0.15) is 5.82 Å². The van der Waals surface area contributed by atoms with Crippen molar-refractivity contribution >= 4 is 21.6 Å². The zero-order valence-electron chi connectivity index (χ0n) is 18.7. The second kappa shape index (κ2) is 9.64. The summed E-state index contributed by atoms with van der Waals surface area (Å²) in [5.74, 6) is -1.21. The van der Waals surface area contributed by atoms with E-state index < -0.39 is 21.8 Å². The zero-order chi connectivity index (χ0) is 23.4. The van der Waals surface area contributed by atoms with Gasteiger partial charge < -0.3 is 10.1 Å². The highest BCUT2D eigenvalue weighted by Gasteiger charge is 2.20. The smallest absolute Gasteiger partial charge is 0.229 e. The lowest BCUT2D eigenvalue weighted by Crippen LogP contribution is -2.28. The van der Waals surface area contributed by atoms with Gasteiger partial charge in [-0.1, -0.05) is 32.9 Å². The van der Waals surface area contributed by atoms with E-state index >= 15 is 0 Å². The van der Waals surface area contributed by atoms with Gasteiger partial charge >= 0.3 is 0 Å². The Morgan fingerprint density at radius 2 is 1.90 bits per heavy atom. The molecule has 0 fully saturated rings. The largest absolute Gasteiger partial charge is 0.478 e. The third-order valence-electron chi connectivity index (χ3n) is 4.62. The number of sulfonamides is 1. The Kier molecular flexibility index (Phi) is 7.64. The van der Waals surface area contributed by atoms with Gasteiger partial charge in [-0.15, -0.1) is 0 Å². The number of nitrogens with one attached hydrogen (secondary N) is 2. The van der Waals surface area contributed by atoms with Gasteiger partial charge in [-0.3, -0.25) is 9.52 Å². The SMILES string of the molecule is CCOc1nc(C(C)(C)C)ccc1CNC(=O)C(C)c1ccc(NS(C)(=O)=O)c(F)c1. The number of hydrogen-bond donors (Lipinski definition) is 2. The molecule has 1 unspecified atom stereocenters. The number of amides is 1. The Hall–Kier alpha value is -2.68. The second-order valence-corrected chi connectivity index (χ2v) is 10.1. The molecular weight excluding hydrogens is 421 g/mol. The first-order valence-corrected chi connectivity index (χ1v) is 11.9. The molecule has 31 heavy (non-hydrogen) atoms. The molecule has 9 heteroatoms. The van der Waals surface area contributed by atoms with Crippen LogP contribution in [0.25, 0.3) is 0 Å². The molecular formula is C22H30FN3O4S. The van der Waals surface area contributed by atoms with Crippen molar-refractivity contribution in [3.05, 3.63) is 53.0 Å². The standard InChI is InChI=1S/C22H30FN3O4S/c1-7-30-21-16(9-11-19(25-21)22(3,4)5)13-24-20(27)14(2)15-8-10-18(17(23)12-15)26-31(6,28)29/h8-12,14,26H,7,13H2,1-6H3,(H,24,27). The minimum absolute atomic E-state index is 0.135. The maximum atomic E-state index is 14.2. The molecule has 1 heterocycles. The van der Waals surface area contributed by atoms with Crippen LogP contribution in [0.4, 0.5) is 10.1 Å². The molecule has 2 N–H and O–H groups in total. The van der Waals surface area contributed by atoms with Crippen molar-refractivity contribution in [3.8, 4) is 5.88 Å². The zero-order valence-corrected chi connectivity index (χ0v) is 19.6. The van der Waals surface area contributed by atoms with E-state index in [9.17, 15) is 17.6 Å². The van der Waals surface area contributed by atoms with Crippen molar-refractivity contribution in [3.63, 3.8) is 0 Å². The predicted octanol–water partition coefficient (Wildman–Crippen LogP) is 3.71. The maximum Gasteiger partial charge on any atom is 0.229 e. The Morgan fingerprint density at radius 1 is 1.23 bits per heavy atom. The fraction of sp³-hybridized carbons (Fsp3) is 0.455. The van der Waals surface area contributed by atoms with Gasteiger partial charge in [0.15, 0.2) is 0 Å². The molecule has 0 saturated carbocycles. The van der Waals surface area contributed by atoms with E-state index in [4.69, 9.17) is 4.74 Å². The van der Waals surface area contributed by atoms with Crippen LogP contribution < -0.4 is 14.8 Å². The van der Waals surface area contributed by atoms with Crippen molar-refractivity contribution in [1.29, 1.82) is 0 Å². The third-order valence-corrected chi connectivity index (χ3v) is 5.21. The van der Waals surface area contributed by atoms with Gasteiger partial charge in [-0.25, -0.2) is 17.8 Å². The average Bonchev–Trinajstić information content (AvgIpc) is 2.66. The van der Waals surface area contributed by atoms with E-state index in [1.165, 1.54) is 12.1 Å². The topological polar surface area (TPSA) is 97.4 Å². The highest BCUT2D eigenvalue weighted by molar-refractivity contribution is 7.92. The van der Waals surface area contributed by atoms with Crippen LogP contribution in [0.5, 0.6) is 5.88 Å². The summed E-state index contributed by atoms with van der Waals surface area (Å²) in [5, 5.41) is 2.83. The van der Waals surface area contributed by atoms with E-state index in [1.54, 1.807) is 6.92 Å². The molecule has 0 aliphatic carbocycles. The van der Waals surface area contributed by atoms with E-state index in [2.05, 4.69) is 35.8 Å². The quantitative estimate of drug-likeness (QED) is 0.638. The number of carbonyl (C=O) groups excluding carboxylic acids is 1. The van der Waals surface area contributed by atoms with Gasteiger partial charge in [0.2, 0.25) is 21.8 Å². The molecule has 2 aromatic rings. The lowest BCUT2D eigenvalue weighted by atomic mass is 9.91. The molecule has 0 spiro atoms. The van der Waals surface area contributed by atoms with E-state index in [0.29, 0.717) is 18.1 Å². The molecule has 0 bridgehead atoms. The maximum absolute atomic E-state index is 14.2. The summed E-state index contributed by atoms with van der Waals surface area (Å²) >= 11 is 0. The lowest BCUT2D eigenvalue weighted by molar-refractivity contribution is -0.122. The lowest BCUT2D eigenvalue weighted by Gasteiger charge is -2.20. The van der Waals surface area contributed by atoms with Crippen LogP contribution in [0.2, 0.25) is 0 Å². The van der Waals surface area contributed by atoms with Crippen molar-refractivity contribution in [2.24, 2.45) is 0 Å². The van der Waals surface area contributed by atoms with Gasteiger partial charge in [-0.2, -0.15) is 0 Å². The monoisotopic (exact) mass is 451 g/mol. The van der Waals surface area contributed by atoms with E-state index in [-0.39, 0.29) is 23.6 Å². The van der Waals surface area contributed by atoms with Crippen LogP contribution in [0.15, 0.2) is 30.3 Å². The normalized spacial score (nSPS) is 12.9. The Balaban J connectivity index is 2.12. The molecule has 0 saturated heterocycles. The summed E-state index contributed by atoms with van der Waals surface area (Å²) in [4.78, 5) is 17.2. The molecule has 1 aromatic heterocycles. The molecule has 0 aliphatic heterocycles. The average molecular weight is 452 g/mol. The van der Waals surface area contributed by atoms with Crippen molar-refractivity contribution in [2.45, 2.75) is 52.5 Å². The fourth-order valence-corrected chi connectivity index (χ4v) is 3.42. The minimum Gasteiger partial charge on any atom is -0.478 e. The van der Waals surface area contributed by atoms with Crippen LogP contribution >= 0.6 is 0 Å². The molecule has 1 aromatic carbocycles. The molecule has 0 radical (unpaired) electrons. The van der Waals surface area contributed by atoms with Gasteiger partial charge in [0.05, 0.1) is 24.5 Å². The van der Waals surface area contributed by atoms with Crippen LogP contribution in [0, 0.1) is 5.82 Å². The highest BCUT2D eigenvalue weighted by Crippen LogP contribution is 2.26. The summed E-state index contributed by atoms with van der Waals surface area (Å²) in [6, 6.07) is 7.78. The van der Waals surface area contributed by atoms with Crippen LogP contribution in [-0.4, -0.2) is 32.2 Å². The van der Waals surface area contributed by atoms with Crippen molar-refractivity contribution in [1.82, 2.24) is 10.3 Å². The first kappa shape index (κ1) is 24.6. The molecule has 0 aliphatic rings. The van der Waals surface area contributed by atoms with Gasteiger partial charge in [0.25, 0.3) is 0 Å². The molecule has 7 nitrogen and oxygen atoms in total. The van der Waals surface area contributed by atoms with E-state index in [1.807, 2.05) is 19.1 Å². The number of benzene rings is 1. The van der Waals surface area contributed by atoms with Gasteiger partial charge in [-0.05, 0) is 37.6 Å². The fourth-order valence-electron chi connectivity index (χ4n) is 2.85. The number of hydrogen-bond acceptors (Lipinski definition) is 5. The summed E-state index contributed by atoms with van der Waals surface area (Å²) in [6.45, 7) is 10.4. The number of carbonyl (C=O) groups is 1. The number of halogens is 1. The van der Waals surface area contributed by atoms with Crippen molar-refractivity contribution < 1.29 is 22.3 Å². The molecule has 1 atom stereocenters. The first-order valence-electron chi connectivity index (χ1n) is 10.00. The number of anilines is 1. The number of aromatic nitrogens is 1. The van der Waals surface area contributed by atoms with Crippen LogP contribution in [0.1, 0.15) is 57.4 Å². The number of ether oxygens (including phenoxy) is 1. The first-order chi connectivity index (χ1) is 14.3. The Labute approximate surface area is 183 Å². The van der Waals surface area contributed by atoms with Gasteiger partial charge in [0, 0.05) is 23.2 Å². The number of rotatable bonds is 8. The Morgan fingerprint density at radius 3 is 2.45 bits per heavy atom. The third kappa shape index (κ3) is 6.92. The summed E-state index contributed by atoms with van der Waals surface area (Å²) < 4.78 is 44.6. The Bertz CT molecular complexity index is 1050. The predicted molar refractivity (Wildman–Crippen MR) is 119 cm³/mol. The van der Waals surface area contributed by atoms with Crippen molar-refractivity contribution in [2.75, 3.05) is 17.6 Å². The molecule has 1 amide bonds. The highest BCUT2D eigenvalue weighted by atomic mass is 32.2. The molecule has 2 rings (SSSR count). The summed E-state index contributed by atoms with van der Waals surface area (Å²) in [5.41, 5.74) is 1.77. The second-order valence-electron chi connectivity index (χ2n) is 8.40. The number of pyridine rings is 1. The van der Waals surface area contributed by atoms with E-state index in [0.717, 1.165) is 23.6 Å². The summed E-state index contributed by atoms with van der Waals surface area (Å²) in [6.07, 6.45) is 0.940. The minimum atomic E-state index is -3.60.